The molecular formula is C9H10N4O2. The monoisotopic (exact) mass is 206 g/mol. The van der Waals surface area contributed by atoms with E-state index in [4.69, 9.17) is 10.8 Å². The lowest BCUT2D eigenvalue weighted by Crippen LogP contribution is -2.22. The van der Waals surface area contributed by atoms with Crippen LogP contribution in [0.4, 0.5) is 0 Å². The molecule has 2 heterocycles. The molecule has 0 aliphatic rings. The molecule has 0 saturated carbocycles. The molecule has 0 fully saturated rings. The molecule has 0 spiro atoms. The first-order valence-electron chi connectivity index (χ1n) is 4.40. The van der Waals surface area contributed by atoms with Gasteiger partial charge < -0.3 is 10.8 Å². The van der Waals surface area contributed by atoms with E-state index < -0.39 is 12.0 Å². The summed E-state index contributed by atoms with van der Waals surface area (Å²) in [5.41, 5.74) is 6.89. The third-order valence-corrected chi connectivity index (χ3v) is 2.11. The fourth-order valence-electron chi connectivity index (χ4n) is 1.29. The fourth-order valence-corrected chi connectivity index (χ4v) is 1.29. The van der Waals surface area contributed by atoms with E-state index in [2.05, 4.69) is 10.1 Å². The van der Waals surface area contributed by atoms with E-state index in [1.807, 2.05) is 19.1 Å². The van der Waals surface area contributed by atoms with Gasteiger partial charge in [-0.1, -0.05) is 6.07 Å². The predicted molar refractivity (Wildman–Crippen MR) is 52.3 cm³/mol. The number of rotatable bonds is 2. The molecule has 3 N–H and O–H groups in total. The van der Waals surface area contributed by atoms with Crippen LogP contribution in [-0.4, -0.2) is 25.7 Å². The van der Waals surface area contributed by atoms with Gasteiger partial charge in [0.05, 0.1) is 0 Å². The molecular weight excluding hydrogens is 196 g/mol. The van der Waals surface area contributed by atoms with Crippen molar-refractivity contribution >= 4 is 11.6 Å². The molecule has 0 aromatic carbocycles. The van der Waals surface area contributed by atoms with Crippen LogP contribution in [0.3, 0.4) is 0 Å². The number of carbonyl (C=O) groups is 1. The first-order chi connectivity index (χ1) is 7.09. The van der Waals surface area contributed by atoms with Crippen LogP contribution in [-0.2, 0) is 4.79 Å². The summed E-state index contributed by atoms with van der Waals surface area (Å²) in [5.74, 6) is -1.01. The molecule has 1 unspecified atom stereocenters. The van der Waals surface area contributed by atoms with Gasteiger partial charge in [-0.05, 0) is 19.1 Å². The van der Waals surface area contributed by atoms with E-state index in [0.29, 0.717) is 5.65 Å². The van der Waals surface area contributed by atoms with Crippen LogP contribution in [0.5, 0.6) is 0 Å². The maximum Gasteiger partial charge on any atom is 0.328 e. The van der Waals surface area contributed by atoms with Crippen molar-refractivity contribution in [2.24, 2.45) is 5.73 Å². The molecule has 6 nitrogen and oxygen atoms in total. The van der Waals surface area contributed by atoms with Crippen molar-refractivity contribution in [3.63, 3.8) is 0 Å². The Hall–Kier alpha value is -1.95. The minimum Gasteiger partial charge on any atom is -0.480 e. The van der Waals surface area contributed by atoms with Gasteiger partial charge in [-0.25, -0.2) is 9.50 Å². The molecule has 0 amide bonds. The number of aliphatic carboxylic acids is 1. The Morgan fingerprint density at radius 1 is 1.60 bits per heavy atom. The van der Waals surface area contributed by atoms with Gasteiger partial charge in [-0.2, -0.15) is 0 Å². The minimum atomic E-state index is -1.18. The molecule has 0 aliphatic heterocycles. The van der Waals surface area contributed by atoms with E-state index in [0.717, 1.165) is 5.69 Å². The second-order valence-corrected chi connectivity index (χ2v) is 3.22. The number of aromatic nitrogens is 3. The molecule has 0 aliphatic carbocycles. The van der Waals surface area contributed by atoms with Gasteiger partial charge >= 0.3 is 5.97 Å². The Balaban J connectivity index is 2.56. The van der Waals surface area contributed by atoms with E-state index >= 15 is 0 Å². The molecule has 2 aromatic rings. The summed E-state index contributed by atoms with van der Waals surface area (Å²) in [6, 6.07) is 4.26. The number of nitrogens with two attached hydrogens (primary N) is 1. The zero-order chi connectivity index (χ0) is 11.0. The van der Waals surface area contributed by atoms with Crippen molar-refractivity contribution in [3.05, 3.63) is 29.7 Å². The van der Waals surface area contributed by atoms with Crippen LogP contribution < -0.4 is 5.73 Å². The fraction of sp³-hybridized carbons (Fsp3) is 0.222. The van der Waals surface area contributed by atoms with Crippen LogP contribution in [0.2, 0.25) is 0 Å². The quantitative estimate of drug-likeness (QED) is 0.728. The summed E-state index contributed by atoms with van der Waals surface area (Å²) in [5, 5.41) is 12.7. The van der Waals surface area contributed by atoms with Crippen LogP contribution in [0.1, 0.15) is 17.6 Å². The summed E-state index contributed by atoms with van der Waals surface area (Å²) in [4.78, 5) is 14.7. The van der Waals surface area contributed by atoms with E-state index in [-0.39, 0.29) is 5.82 Å². The lowest BCUT2D eigenvalue weighted by Gasteiger charge is -1.98. The molecule has 2 aromatic heterocycles. The highest BCUT2D eigenvalue weighted by Gasteiger charge is 2.19. The lowest BCUT2D eigenvalue weighted by atomic mass is 10.3. The highest BCUT2D eigenvalue weighted by Crippen LogP contribution is 2.09. The van der Waals surface area contributed by atoms with Gasteiger partial charge in [0.25, 0.3) is 0 Å². The molecule has 1 atom stereocenters. The summed E-state index contributed by atoms with van der Waals surface area (Å²) >= 11 is 0. The van der Waals surface area contributed by atoms with Crippen molar-refractivity contribution in [1.29, 1.82) is 0 Å². The van der Waals surface area contributed by atoms with Crippen LogP contribution in [0.25, 0.3) is 5.65 Å². The number of carboxylic acid groups (broad SMARTS) is 1. The molecule has 0 saturated heterocycles. The number of carboxylic acids is 1. The molecule has 15 heavy (non-hydrogen) atoms. The average Bonchev–Trinajstić information content (AvgIpc) is 2.61. The topological polar surface area (TPSA) is 93.5 Å². The van der Waals surface area contributed by atoms with Gasteiger partial charge in [0, 0.05) is 5.69 Å². The summed E-state index contributed by atoms with van der Waals surface area (Å²) in [7, 11) is 0. The summed E-state index contributed by atoms with van der Waals surface area (Å²) in [6.45, 7) is 1.86. The SMILES string of the molecule is Cc1cccc2nc(C(N)C(=O)O)nn12. The maximum absolute atomic E-state index is 10.6. The maximum atomic E-state index is 10.6. The van der Waals surface area contributed by atoms with Gasteiger partial charge in [0.15, 0.2) is 17.5 Å². The van der Waals surface area contributed by atoms with Crippen molar-refractivity contribution in [2.45, 2.75) is 13.0 Å². The Kier molecular flexibility index (Phi) is 2.12. The second kappa shape index (κ2) is 3.32. The largest absolute Gasteiger partial charge is 0.480 e. The Morgan fingerprint density at radius 2 is 2.33 bits per heavy atom. The third kappa shape index (κ3) is 1.55. The predicted octanol–water partition coefficient (Wildman–Crippen LogP) is 0.122. The molecule has 0 bridgehead atoms. The van der Waals surface area contributed by atoms with Crippen molar-refractivity contribution in [1.82, 2.24) is 14.6 Å². The number of hydrogen-bond acceptors (Lipinski definition) is 4. The van der Waals surface area contributed by atoms with Gasteiger partial charge in [0.2, 0.25) is 0 Å². The molecule has 0 radical (unpaired) electrons. The number of fused-ring (bicyclic) bond motifs is 1. The van der Waals surface area contributed by atoms with Gasteiger partial charge in [-0.3, -0.25) is 4.79 Å². The van der Waals surface area contributed by atoms with Gasteiger partial charge in [-0.15, -0.1) is 5.10 Å². The first kappa shape index (κ1) is 9.60. The lowest BCUT2D eigenvalue weighted by molar-refractivity contribution is -0.138. The Labute approximate surface area is 85.3 Å². The molecule has 6 heteroatoms. The average molecular weight is 206 g/mol. The van der Waals surface area contributed by atoms with Gasteiger partial charge in [0.1, 0.15) is 0 Å². The van der Waals surface area contributed by atoms with Crippen molar-refractivity contribution in [3.8, 4) is 0 Å². The number of nitrogens with zero attached hydrogens (tertiary/aromatic N) is 3. The summed E-state index contributed by atoms with van der Waals surface area (Å²) in [6.07, 6.45) is 0. The Morgan fingerprint density at radius 3 is 2.93 bits per heavy atom. The van der Waals surface area contributed by atoms with Crippen molar-refractivity contribution < 1.29 is 9.90 Å². The zero-order valence-electron chi connectivity index (χ0n) is 8.08. The van der Waals surface area contributed by atoms with Crippen LogP contribution >= 0.6 is 0 Å². The van der Waals surface area contributed by atoms with E-state index in [1.54, 1.807) is 10.6 Å². The Bertz CT molecular complexity index is 520. The minimum absolute atomic E-state index is 0.122. The van der Waals surface area contributed by atoms with E-state index in [1.165, 1.54) is 0 Å². The highest BCUT2D eigenvalue weighted by molar-refractivity contribution is 5.74. The normalized spacial score (nSPS) is 12.9. The zero-order valence-corrected chi connectivity index (χ0v) is 8.08. The molecule has 2 rings (SSSR count). The van der Waals surface area contributed by atoms with Crippen LogP contribution in [0.15, 0.2) is 18.2 Å². The van der Waals surface area contributed by atoms with E-state index in [9.17, 15) is 4.79 Å². The number of pyridine rings is 1. The molecule has 78 valence electrons. The smallest absolute Gasteiger partial charge is 0.328 e. The van der Waals surface area contributed by atoms with Crippen LogP contribution in [0, 0.1) is 6.92 Å². The number of hydrogen-bond donors (Lipinski definition) is 2. The third-order valence-electron chi connectivity index (χ3n) is 2.11. The first-order valence-corrected chi connectivity index (χ1v) is 4.40. The highest BCUT2D eigenvalue weighted by atomic mass is 16.4. The van der Waals surface area contributed by atoms with Crippen molar-refractivity contribution in [2.75, 3.05) is 0 Å². The standard InChI is InChI=1S/C9H10N4O2/c1-5-3-2-4-6-11-8(12-13(5)6)7(10)9(14)15/h2-4,7H,10H2,1H3,(H,14,15). The second-order valence-electron chi connectivity index (χ2n) is 3.22. The number of aryl methyl sites for hydroxylation is 1. The summed E-state index contributed by atoms with van der Waals surface area (Å²) < 4.78 is 1.57.